The van der Waals surface area contributed by atoms with Crippen molar-refractivity contribution in [2.75, 3.05) is 0 Å². The van der Waals surface area contributed by atoms with Gasteiger partial charge in [0.15, 0.2) is 5.78 Å². The number of benzene rings is 2. The normalized spacial score (nSPS) is 17.6. The number of ketones is 1. The van der Waals surface area contributed by atoms with Gasteiger partial charge in [0, 0.05) is 22.4 Å². The fourth-order valence-electron chi connectivity index (χ4n) is 2.89. The number of halogens is 1. The lowest BCUT2D eigenvalue weighted by molar-refractivity contribution is 0.0991. The topological polar surface area (TPSA) is 17.1 Å². The summed E-state index contributed by atoms with van der Waals surface area (Å²) < 4.78 is 1.07. The Balaban J connectivity index is 2.12. The van der Waals surface area contributed by atoms with E-state index in [4.69, 9.17) is 0 Å². The van der Waals surface area contributed by atoms with E-state index in [0.29, 0.717) is 6.42 Å². The van der Waals surface area contributed by atoms with E-state index in [2.05, 4.69) is 54.0 Å². The molecule has 2 heteroatoms. The van der Waals surface area contributed by atoms with Gasteiger partial charge in [-0.15, -0.1) is 0 Å². The van der Waals surface area contributed by atoms with Gasteiger partial charge in [-0.3, -0.25) is 4.79 Å². The Kier molecular flexibility index (Phi) is 3.06. The molecular formula is C17H15BrO. The van der Waals surface area contributed by atoms with E-state index < -0.39 is 0 Å². The maximum absolute atomic E-state index is 12.3. The molecule has 2 aromatic rings. The van der Waals surface area contributed by atoms with E-state index in [-0.39, 0.29) is 11.7 Å². The second-order valence-electron chi connectivity index (χ2n) is 5.20. The first-order chi connectivity index (χ1) is 9.08. The molecule has 0 radical (unpaired) electrons. The van der Waals surface area contributed by atoms with Crippen molar-refractivity contribution in [1.82, 2.24) is 0 Å². The Labute approximate surface area is 121 Å². The first-order valence-electron chi connectivity index (χ1n) is 6.46. The summed E-state index contributed by atoms with van der Waals surface area (Å²) >= 11 is 3.45. The van der Waals surface area contributed by atoms with Gasteiger partial charge in [0.25, 0.3) is 0 Å². The predicted molar refractivity (Wildman–Crippen MR) is 80.8 cm³/mol. The van der Waals surface area contributed by atoms with E-state index in [1.165, 1.54) is 16.7 Å². The zero-order chi connectivity index (χ0) is 13.6. The van der Waals surface area contributed by atoms with E-state index >= 15 is 0 Å². The van der Waals surface area contributed by atoms with Gasteiger partial charge < -0.3 is 0 Å². The molecule has 0 fully saturated rings. The molecule has 0 aliphatic heterocycles. The SMILES string of the molecule is Cc1ccc2c(c1C)C(=O)CC2c1ccc(Br)cc1. The fraction of sp³-hybridized carbons (Fsp3) is 0.235. The van der Waals surface area contributed by atoms with Gasteiger partial charge in [0.1, 0.15) is 0 Å². The van der Waals surface area contributed by atoms with Gasteiger partial charge in [-0.1, -0.05) is 40.2 Å². The maximum atomic E-state index is 12.3. The molecule has 0 heterocycles. The molecule has 1 aliphatic carbocycles. The van der Waals surface area contributed by atoms with Crippen molar-refractivity contribution in [3.8, 4) is 0 Å². The highest BCUT2D eigenvalue weighted by atomic mass is 79.9. The number of carbonyl (C=O) groups is 1. The Hall–Kier alpha value is -1.41. The molecule has 2 aromatic carbocycles. The van der Waals surface area contributed by atoms with Crippen LogP contribution < -0.4 is 0 Å². The second kappa shape index (κ2) is 4.61. The smallest absolute Gasteiger partial charge is 0.164 e. The second-order valence-corrected chi connectivity index (χ2v) is 6.12. The quantitative estimate of drug-likeness (QED) is 0.740. The van der Waals surface area contributed by atoms with Crippen molar-refractivity contribution in [3.05, 3.63) is 68.7 Å². The molecule has 3 rings (SSSR count). The van der Waals surface area contributed by atoms with Crippen LogP contribution >= 0.6 is 15.9 Å². The first-order valence-corrected chi connectivity index (χ1v) is 7.26. The van der Waals surface area contributed by atoms with Crippen molar-refractivity contribution in [2.45, 2.75) is 26.2 Å². The Morgan fingerprint density at radius 1 is 1.05 bits per heavy atom. The molecule has 0 saturated heterocycles. The monoisotopic (exact) mass is 314 g/mol. The highest BCUT2D eigenvalue weighted by Gasteiger charge is 2.31. The molecule has 1 aliphatic rings. The highest BCUT2D eigenvalue weighted by molar-refractivity contribution is 9.10. The zero-order valence-corrected chi connectivity index (χ0v) is 12.6. The van der Waals surface area contributed by atoms with Crippen LogP contribution in [0.5, 0.6) is 0 Å². The van der Waals surface area contributed by atoms with Crippen LogP contribution in [0.25, 0.3) is 0 Å². The summed E-state index contributed by atoms with van der Waals surface area (Å²) in [6.07, 6.45) is 0.598. The number of carbonyl (C=O) groups excluding carboxylic acids is 1. The molecule has 0 aromatic heterocycles. The van der Waals surface area contributed by atoms with Crippen LogP contribution in [0.4, 0.5) is 0 Å². The number of aryl methyl sites for hydroxylation is 1. The molecule has 1 unspecified atom stereocenters. The molecule has 1 nitrogen and oxygen atoms in total. The third-order valence-electron chi connectivity index (χ3n) is 4.08. The summed E-state index contributed by atoms with van der Waals surface area (Å²) in [6.45, 7) is 4.12. The van der Waals surface area contributed by atoms with Crippen molar-refractivity contribution in [1.29, 1.82) is 0 Å². The maximum Gasteiger partial charge on any atom is 0.164 e. The third-order valence-corrected chi connectivity index (χ3v) is 4.61. The van der Waals surface area contributed by atoms with Crippen LogP contribution in [0.1, 0.15) is 45.0 Å². The highest BCUT2D eigenvalue weighted by Crippen LogP contribution is 2.40. The van der Waals surface area contributed by atoms with E-state index in [1.807, 2.05) is 12.1 Å². The number of hydrogen-bond acceptors (Lipinski definition) is 1. The van der Waals surface area contributed by atoms with Crippen molar-refractivity contribution >= 4 is 21.7 Å². The lowest BCUT2D eigenvalue weighted by atomic mass is 9.91. The molecule has 1 atom stereocenters. The van der Waals surface area contributed by atoms with Crippen molar-refractivity contribution < 1.29 is 4.79 Å². The lowest BCUT2D eigenvalue weighted by Crippen LogP contribution is -1.97. The number of rotatable bonds is 1. The van der Waals surface area contributed by atoms with Gasteiger partial charge in [-0.05, 0) is 48.2 Å². The lowest BCUT2D eigenvalue weighted by Gasteiger charge is -2.13. The Morgan fingerprint density at radius 2 is 1.74 bits per heavy atom. The molecule has 0 N–H and O–H groups in total. The Morgan fingerprint density at radius 3 is 2.42 bits per heavy atom. The van der Waals surface area contributed by atoms with E-state index in [1.54, 1.807) is 0 Å². The molecule has 0 bridgehead atoms. The zero-order valence-electron chi connectivity index (χ0n) is 11.0. The third kappa shape index (κ3) is 2.04. The van der Waals surface area contributed by atoms with Crippen molar-refractivity contribution in [3.63, 3.8) is 0 Å². The summed E-state index contributed by atoms with van der Waals surface area (Å²) in [6, 6.07) is 12.5. The standard InChI is InChI=1S/C17H15BrO/c1-10-3-8-14-15(9-16(19)17(14)11(10)2)12-4-6-13(18)7-5-12/h3-8,15H,9H2,1-2H3. The first kappa shape index (κ1) is 12.6. The van der Waals surface area contributed by atoms with Gasteiger partial charge in [-0.2, -0.15) is 0 Å². The fourth-order valence-corrected chi connectivity index (χ4v) is 3.15. The molecular weight excluding hydrogens is 300 g/mol. The van der Waals surface area contributed by atoms with Crippen LogP contribution in [0.15, 0.2) is 40.9 Å². The van der Waals surface area contributed by atoms with Crippen LogP contribution in [-0.2, 0) is 0 Å². The summed E-state index contributed by atoms with van der Waals surface area (Å²) in [7, 11) is 0. The summed E-state index contributed by atoms with van der Waals surface area (Å²) in [5, 5.41) is 0. The molecule has 0 saturated carbocycles. The minimum Gasteiger partial charge on any atom is -0.294 e. The average Bonchev–Trinajstić information content (AvgIpc) is 2.73. The van der Waals surface area contributed by atoms with Gasteiger partial charge >= 0.3 is 0 Å². The van der Waals surface area contributed by atoms with Crippen molar-refractivity contribution in [2.24, 2.45) is 0 Å². The summed E-state index contributed by atoms with van der Waals surface area (Å²) in [4.78, 5) is 12.3. The molecule has 0 amide bonds. The molecule has 19 heavy (non-hydrogen) atoms. The molecule has 96 valence electrons. The van der Waals surface area contributed by atoms with E-state index in [9.17, 15) is 4.79 Å². The van der Waals surface area contributed by atoms with Crippen LogP contribution in [0.2, 0.25) is 0 Å². The number of Topliss-reactive ketones (excluding diaryl/α,β-unsaturated/α-hetero) is 1. The van der Waals surface area contributed by atoms with Gasteiger partial charge in [0.05, 0.1) is 0 Å². The van der Waals surface area contributed by atoms with Crippen LogP contribution in [0.3, 0.4) is 0 Å². The summed E-state index contributed by atoms with van der Waals surface area (Å²) in [5.74, 6) is 0.499. The summed E-state index contributed by atoms with van der Waals surface area (Å²) in [5.41, 5.74) is 5.70. The van der Waals surface area contributed by atoms with Crippen LogP contribution in [0, 0.1) is 13.8 Å². The average molecular weight is 315 g/mol. The largest absolute Gasteiger partial charge is 0.294 e. The number of hydrogen-bond donors (Lipinski definition) is 0. The minimum atomic E-state index is 0.217. The minimum absolute atomic E-state index is 0.217. The van der Waals surface area contributed by atoms with Gasteiger partial charge in [0.2, 0.25) is 0 Å². The molecule has 0 spiro atoms. The Bertz CT molecular complexity index is 656. The van der Waals surface area contributed by atoms with Crippen LogP contribution in [-0.4, -0.2) is 5.78 Å². The predicted octanol–water partition coefficient (Wildman–Crippen LogP) is 4.78. The number of fused-ring (bicyclic) bond motifs is 1. The van der Waals surface area contributed by atoms with E-state index in [0.717, 1.165) is 15.6 Å². The van der Waals surface area contributed by atoms with Gasteiger partial charge in [-0.25, -0.2) is 0 Å².